The van der Waals surface area contributed by atoms with Gasteiger partial charge in [-0.15, -0.1) is 0 Å². The molecule has 0 aliphatic heterocycles. The summed E-state index contributed by atoms with van der Waals surface area (Å²) in [5.41, 5.74) is 0. The fourth-order valence-electron chi connectivity index (χ4n) is 0. The largest absolute Gasteiger partial charge is 0.483 e. The first-order chi connectivity index (χ1) is 5.66. The van der Waals surface area contributed by atoms with Gasteiger partial charge in [0.05, 0.1) is 0 Å². The molecule has 0 bridgehead atoms. The summed E-state index contributed by atoms with van der Waals surface area (Å²) >= 11 is 0. The predicted molar refractivity (Wildman–Crippen MR) is 46.1 cm³/mol. The molecule has 8 nitrogen and oxygen atoms in total. The van der Waals surface area contributed by atoms with Gasteiger partial charge in [-0.25, -0.2) is 0 Å². The average molecular weight is 216 g/mol. The van der Waals surface area contributed by atoms with E-state index in [1.54, 1.807) is 0 Å². The van der Waals surface area contributed by atoms with E-state index in [2.05, 4.69) is 0 Å². The van der Waals surface area contributed by atoms with Crippen molar-refractivity contribution in [1.29, 1.82) is 0 Å². The maximum absolute atomic E-state index is 8.36. The lowest BCUT2D eigenvalue weighted by Gasteiger charge is -1.34. The summed E-state index contributed by atoms with van der Waals surface area (Å²) in [5.74, 6) is 0. The van der Waals surface area contributed by atoms with Crippen molar-refractivity contribution in [3.63, 3.8) is 0 Å². The molecule has 0 rings (SSSR count). The van der Waals surface area contributed by atoms with Crippen LogP contribution in [-0.2, 0) is 19.2 Å². The van der Waals surface area contributed by atoms with E-state index in [0.29, 0.717) is 0 Å². The summed E-state index contributed by atoms with van der Waals surface area (Å²) in [6.45, 7) is -1.00. The Hall–Kier alpha value is -1.90. The van der Waals surface area contributed by atoms with Gasteiger partial charge in [0.15, 0.2) is 0 Å². The molecule has 0 aliphatic rings. The van der Waals surface area contributed by atoms with Gasteiger partial charge in [0.25, 0.3) is 25.9 Å². The van der Waals surface area contributed by atoms with Gasteiger partial charge >= 0.3 is 0 Å². The van der Waals surface area contributed by atoms with Gasteiger partial charge < -0.3 is 20.4 Å². The van der Waals surface area contributed by atoms with E-state index in [-0.39, 0.29) is 36.9 Å². The van der Waals surface area contributed by atoms with Crippen LogP contribution in [0.3, 0.4) is 0 Å². The molecule has 4 N–H and O–H groups in total. The number of hydrogen-bond donors (Lipinski definition) is 4. The van der Waals surface area contributed by atoms with E-state index in [0.717, 1.165) is 0 Å². The molecule has 0 aromatic carbocycles. The van der Waals surface area contributed by atoms with E-state index in [1.165, 1.54) is 0 Å². The monoisotopic (exact) mass is 216 g/mol. The SMILES string of the molecule is O=CO.O=CO.O=CO.O=CO.[SiH4]. The third-order valence-corrected chi connectivity index (χ3v) is 0. The molecule has 0 saturated carbocycles. The van der Waals surface area contributed by atoms with Gasteiger partial charge in [-0.2, -0.15) is 0 Å². The Morgan fingerprint density at radius 3 is 0.538 bits per heavy atom. The van der Waals surface area contributed by atoms with Gasteiger partial charge in [0.2, 0.25) is 0 Å². The van der Waals surface area contributed by atoms with Crippen LogP contribution in [0.2, 0.25) is 0 Å². The molecule has 0 aromatic rings. The zero-order valence-electron chi connectivity index (χ0n) is 5.73. The highest BCUT2D eigenvalue weighted by Gasteiger charge is 1.23. The molecule has 0 amide bonds. The van der Waals surface area contributed by atoms with E-state index >= 15 is 0 Å². The summed E-state index contributed by atoms with van der Waals surface area (Å²) < 4.78 is 0. The lowest BCUT2D eigenvalue weighted by atomic mass is 11.7. The average Bonchev–Trinajstić information content (AvgIpc) is 1.92. The first-order valence-electron chi connectivity index (χ1n) is 1.98. The quantitative estimate of drug-likeness (QED) is 0.253. The highest BCUT2D eigenvalue weighted by molar-refractivity contribution is 5.75. The number of carboxylic acid groups (broad SMARTS) is 4. The normalized spacial score (nSPS) is 3.69. The Kier molecular flexibility index (Phi) is 445. The fraction of sp³-hybridized carbons (Fsp3) is 0. The smallest absolute Gasteiger partial charge is 0.290 e. The lowest BCUT2D eigenvalue weighted by Crippen LogP contribution is -1.49. The molecule has 0 saturated heterocycles. The highest BCUT2D eigenvalue weighted by atomic mass is 28.1. The molecule has 0 heterocycles. The molecule has 0 spiro atoms. The maximum Gasteiger partial charge on any atom is 0.290 e. The molecule has 0 unspecified atom stereocenters. The first-order valence-corrected chi connectivity index (χ1v) is 1.98. The second-order valence-electron chi connectivity index (χ2n) is 0.422. The summed E-state index contributed by atoms with van der Waals surface area (Å²) in [4.78, 5) is 33.4. The van der Waals surface area contributed by atoms with Crippen molar-refractivity contribution in [2.45, 2.75) is 0 Å². The summed E-state index contributed by atoms with van der Waals surface area (Å²) in [6.07, 6.45) is 0. The molecular formula is C4H12O8Si. The van der Waals surface area contributed by atoms with Crippen LogP contribution in [0.25, 0.3) is 0 Å². The van der Waals surface area contributed by atoms with Crippen LogP contribution in [0.15, 0.2) is 0 Å². The van der Waals surface area contributed by atoms with Crippen LogP contribution >= 0.6 is 0 Å². The molecule has 9 heteroatoms. The molecule has 0 radical (unpaired) electrons. The standard InChI is InChI=1S/4CH2O2.H4Si/c4*2-1-3;/h4*1H,(H,2,3);1H4. The lowest BCUT2D eigenvalue weighted by molar-refractivity contribution is -0.123. The Bertz CT molecular complexity index is 70.1. The minimum atomic E-state index is -0.250. The third-order valence-electron chi connectivity index (χ3n) is 0. The van der Waals surface area contributed by atoms with Gasteiger partial charge in [-0.05, 0) is 11.0 Å². The topological polar surface area (TPSA) is 149 Å². The number of rotatable bonds is 0. The Morgan fingerprint density at radius 1 is 0.538 bits per heavy atom. The van der Waals surface area contributed by atoms with Crippen molar-refractivity contribution in [3.05, 3.63) is 0 Å². The maximum atomic E-state index is 8.36. The Morgan fingerprint density at radius 2 is 0.538 bits per heavy atom. The van der Waals surface area contributed by atoms with Crippen LogP contribution in [0.5, 0.6) is 0 Å². The van der Waals surface area contributed by atoms with Crippen LogP contribution in [0, 0.1) is 0 Å². The molecule has 0 atom stereocenters. The summed E-state index contributed by atoms with van der Waals surface area (Å²) in [7, 11) is 0. The predicted octanol–water partition coefficient (Wildman–Crippen LogP) is -2.65. The zero-order valence-corrected chi connectivity index (χ0v) is 5.73. The zero-order chi connectivity index (χ0) is 10.8. The van der Waals surface area contributed by atoms with Crippen molar-refractivity contribution >= 4 is 36.9 Å². The highest BCUT2D eigenvalue weighted by Crippen LogP contribution is 0.975. The van der Waals surface area contributed by atoms with Gasteiger partial charge in [-0.1, -0.05) is 0 Å². The summed E-state index contributed by atoms with van der Waals surface area (Å²) in [5, 5.41) is 27.6. The van der Waals surface area contributed by atoms with Crippen molar-refractivity contribution in [3.8, 4) is 0 Å². The molecule has 13 heavy (non-hydrogen) atoms. The summed E-state index contributed by atoms with van der Waals surface area (Å²) in [6, 6.07) is 0. The van der Waals surface area contributed by atoms with Gasteiger partial charge in [-0.3, -0.25) is 19.2 Å². The number of carbonyl (C=O) groups is 4. The van der Waals surface area contributed by atoms with Crippen LogP contribution in [-0.4, -0.2) is 57.3 Å². The third kappa shape index (κ3) is 183. The minimum Gasteiger partial charge on any atom is -0.483 e. The van der Waals surface area contributed by atoms with Crippen molar-refractivity contribution in [2.24, 2.45) is 0 Å². The van der Waals surface area contributed by atoms with E-state index < -0.39 is 0 Å². The minimum absolute atomic E-state index is 0. The van der Waals surface area contributed by atoms with Crippen LogP contribution < -0.4 is 0 Å². The molecule has 80 valence electrons. The van der Waals surface area contributed by atoms with E-state index in [1.807, 2.05) is 0 Å². The van der Waals surface area contributed by atoms with E-state index in [9.17, 15) is 0 Å². The molecule has 0 aromatic heterocycles. The molecular weight excluding hydrogens is 204 g/mol. The Balaban J connectivity index is -0.0000000213. The van der Waals surface area contributed by atoms with Crippen molar-refractivity contribution < 1.29 is 39.6 Å². The first kappa shape index (κ1) is 30.4. The van der Waals surface area contributed by atoms with Crippen LogP contribution in [0.4, 0.5) is 0 Å². The number of hydrogen-bond acceptors (Lipinski definition) is 4. The fourth-order valence-corrected chi connectivity index (χ4v) is 0. The van der Waals surface area contributed by atoms with E-state index in [4.69, 9.17) is 39.6 Å². The van der Waals surface area contributed by atoms with Gasteiger partial charge in [0.1, 0.15) is 0 Å². The Labute approximate surface area is 77.4 Å². The van der Waals surface area contributed by atoms with Crippen LogP contribution in [0.1, 0.15) is 0 Å². The second kappa shape index (κ2) is 190. The van der Waals surface area contributed by atoms with Crippen molar-refractivity contribution in [2.75, 3.05) is 0 Å². The molecule has 0 fully saturated rings. The van der Waals surface area contributed by atoms with Gasteiger partial charge in [0, 0.05) is 0 Å². The molecule has 0 aliphatic carbocycles. The second-order valence-corrected chi connectivity index (χ2v) is 0.422. The van der Waals surface area contributed by atoms with Crippen molar-refractivity contribution in [1.82, 2.24) is 0 Å².